The molecule has 0 aromatic rings. The number of rotatable bonds is 0. The molecule has 0 heterocycles. The summed E-state index contributed by atoms with van der Waals surface area (Å²) in [6.45, 7) is 0. The largest absolute Gasteiger partial charge is 0.0530 e. The smallest absolute Gasteiger partial charge is 0.0266 e. The molecule has 36 aliphatic rings. The van der Waals surface area contributed by atoms with Gasteiger partial charge in [-0.25, -0.2) is 0 Å². The first kappa shape index (κ1) is 59.7. The van der Waals surface area contributed by atoms with Gasteiger partial charge < -0.3 is 0 Å². The lowest BCUT2D eigenvalue weighted by Gasteiger charge is -2.49. The molecule has 0 aromatic heterocycles. The monoisotopic (exact) mass is 1250 g/mol. The van der Waals surface area contributed by atoms with Crippen molar-refractivity contribution in [2.45, 2.75) is 327 Å². The molecular formula is C92H142. The van der Waals surface area contributed by atoms with Crippen molar-refractivity contribution in [3.05, 3.63) is 0 Å². The summed E-state index contributed by atoms with van der Waals surface area (Å²) in [6.07, 6.45) is 81.4. The van der Waals surface area contributed by atoms with Crippen molar-refractivity contribution in [3.63, 3.8) is 0 Å². The molecule has 19 atom stereocenters. The first-order valence-electron chi connectivity index (χ1n) is 45.4. The van der Waals surface area contributed by atoms with Gasteiger partial charge in [0.2, 0.25) is 0 Å². The van der Waals surface area contributed by atoms with E-state index in [1.54, 1.807) is 327 Å². The Bertz CT molecular complexity index is 2370. The van der Waals surface area contributed by atoms with Crippen LogP contribution in [0.4, 0.5) is 0 Å². The molecule has 19 unspecified atom stereocenters. The molecule has 36 aliphatic carbocycles. The van der Waals surface area contributed by atoms with Crippen LogP contribution in [0.2, 0.25) is 0 Å². The van der Waals surface area contributed by atoms with Gasteiger partial charge in [-0.05, 0) is 518 Å². The summed E-state index contributed by atoms with van der Waals surface area (Å²) >= 11 is 0. The molecule has 510 valence electrons. The molecule has 0 radical (unpaired) electrons. The minimum absolute atomic E-state index is 0.906. The summed E-state index contributed by atoms with van der Waals surface area (Å²) in [4.78, 5) is 0. The zero-order chi connectivity index (χ0) is 59.7. The van der Waals surface area contributed by atoms with Crippen molar-refractivity contribution in [2.24, 2.45) is 242 Å². The quantitative estimate of drug-likeness (QED) is 0.212. The van der Waals surface area contributed by atoms with Crippen LogP contribution in [0.5, 0.6) is 0 Å². The Labute approximate surface area is 566 Å². The molecule has 0 amide bonds. The van der Waals surface area contributed by atoms with E-state index in [1.165, 1.54) is 231 Å². The predicted octanol–water partition coefficient (Wildman–Crippen LogP) is 24.8. The van der Waals surface area contributed by atoms with Crippen LogP contribution in [0.1, 0.15) is 327 Å². The van der Waals surface area contributed by atoms with Crippen molar-refractivity contribution >= 4 is 0 Å². The van der Waals surface area contributed by atoms with Crippen LogP contribution >= 0.6 is 0 Å². The average molecular weight is 1250 g/mol. The van der Waals surface area contributed by atoms with Crippen molar-refractivity contribution in [2.75, 3.05) is 0 Å². The molecule has 36 rings (SSSR count). The summed E-state index contributed by atoms with van der Waals surface area (Å²) in [5.41, 5.74) is 0.906. The third kappa shape index (κ3) is 10.5. The summed E-state index contributed by atoms with van der Waals surface area (Å²) in [6, 6.07) is 0. The van der Waals surface area contributed by atoms with Gasteiger partial charge in [0.05, 0.1) is 0 Å². The standard InChI is InChI=1S/C12H18.2C11H18.2C10H16.2C9H14.2C7H10.C6H8/c1-2-8-5-7(1)11-9-3-4-10(6-9)12(8)11;1-3-9-7-10-4-2-6-11(10,5-1)8-9;1-2-4-10-9-5-6-11(10)8(3-1)7-9;1-7-2-9-4-8(1)5-10(3-7)6-9;1-2-9-7-4-5-8(6-7)10(9)3-1;1-6-2-8-4-7(1)5-9(8)3-6;1-2-7-5-6(1)8-3-4-9(7)8;1-4-2-6-5(1)7(6)3-4;1-2-4-6-5(3-1)7(4)6;1-2-4-5-3(1)6(4)5/h7-12H,1-6H2;9-10H,1-8H2;8-11H,1-7H2;2*7-10H,1-6H2;2*6-9H,1-5H2;2*4-7H,1-3H2;3-6H,1-2H2. The SMILES string of the molecule is C1C2CC3C1C3C2.C1C2CC3CC1CC(C2)C3.C1C2CC3CC1CC3C2.C1CC2C3C(C1)C23.C1CC2C3C1C23.C1CC2C3CCC(C3)C2C1.C1CC2CC1C1C3CCC(C3)C21.C1CC2CC1C1CCC21.C1CC2CC3CCCC3(C1)C2.C1CCC2C3CCC2C(C1)C3. The molecule has 36 saturated carbocycles. The van der Waals surface area contributed by atoms with Crippen molar-refractivity contribution < 1.29 is 0 Å². The average Bonchev–Trinajstić information content (AvgIpc) is 1.49. The van der Waals surface area contributed by atoms with E-state index in [9.17, 15) is 0 Å². The zero-order valence-electron chi connectivity index (χ0n) is 59.7. The van der Waals surface area contributed by atoms with Gasteiger partial charge in [-0.3, -0.25) is 0 Å². The van der Waals surface area contributed by atoms with E-state index < -0.39 is 0 Å². The van der Waals surface area contributed by atoms with Gasteiger partial charge >= 0.3 is 0 Å². The first-order valence-corrected chi connectivity index (χ1v) is 45.4. The highest BCUT2D eigenvalue weighted by atomic mass is 14.8. The van der Waals surface area contributed by atoms with E-state index in [1.807, 2.05) is 0 Å². The van der Waals surface area contributed by atoms with Crippen LogP contribution in [-0.2, 0) is 0 Å². The molecule has 92 heavy (non-hydrogen) atoms. The highest BCUT2D eigenvalue weighted by Gasteiger charge is 2.76. The second-order valence-corrected chi connectivity index (χ2v) is 44.1. The Morgan fingerprint density at radius 1 is 0.152 bits per heavy atom. The molecule has 0 N–H and O–H groups in total. The maximum atomic E-state index is 1.64. The van der Waals surface area contributed by atoms with E-state index in [4.69, 9.17) is 0 Å². The molecule has 0 aromatic carbocycles. The lowest BCUT2D eigenvalue weighted by Crippen LogP contribution is -2.38. The van der Waals surface area contributed by atoms with Crippen LogP contribution in [0.3, 0.4) is 0 Å². The zero-order valence-corrected chi connectivity index (χ0v) is 59.7. The molecule has 0 heteroatoms. The van der Waals surface area contributed by atoms with E-state index in [-0.39, 0.29) is 0 Å². The second kappa shape index (κ2) is 23.5. The van der Waals surface area contributed by atoms with Crippen LogP contribution in [0, 0.1) is 242 Å². The highest BCUT2D eigenvalue weighted by Crippen LogP contribution is 2.82. The molecule has 1 spiro atoms. The fourth-order valence-electron chi connectivity index (χ4n) is 37.5. The van der Waals surface area contributed by atoms with Gasteiger partial charge in [0.15, 0.2) is 0 Å². The van der Waals surface area contributed by atoms with Crippen LogP contribution in [0.25, 0.3) is 0 Å². The summed E-state index contributed by atoms with van der Waals surface area (Å²) in [7, 11) is 0. The lowest BCUT2D eigenvalue weighted by molar-refractivity contribution is 0.0198. The molecule has 0 nitrogen and oxygen atoms in total. The van der Waals surface area contributed by atoms with Crippen LogP contribution in [0.15, 0.2) is 0 Å². The minimum Gasteiger partial charge on any atom is -0.0530 e. The van der Waals surface area contributed by atoms with Gasteiger partial charge in [-0.1, -0.05) is 51.4 Å². The lowest BCUT2D eigenvalue weighted by atomic mass is 9.56. The molecular weight excluding hydrogens is 1110 g/mol. The molecule has 30 bridgehead atoms. The Balaban J connectivity index is 0.0000000674. The third-order valence-electron chi connectivity index (χ3n) is 40.8. The number of fused-ring (bicyclic) bond motifs is 23. The summed E-state index contributed by atoms with van der Waals surface area (Å²) in [5.74, 6) is 48.7. The van der Waals surface area contributed by atoms with Gasteiger partial charge in [0.1, 0.15) is 0 Å². The van der Waals surface area contributed by atoms with Crippen molar-refractivity contribution in [1.82, 2.24) is 0 Å². The summed E-state index contributed by atoms with van der Waals surface area (Å²) < 4.78 is 0. The normalized spacial score (nSPS) is 62.3. The minimum atomic E-state index is 0.906. The Morgan fingerprint density at radius 2 is 0.457 bits per heavy atom. The van der Waals surface area contributed by atoms with Gasteiger partial charge in [0.25, 0.3) is 0 Å². The Morgan fingerprint density at radius 3 is 0.837 bits per heavy atom. The van der Waals surface area contributed by atoms with Crippen LogP contribution in [-0.4, -0.2) is 0 Å². The van der Waals surface area contributed by atoms with E-state index in [2.05, 4.69) is 0 Å². The van der Waals surface area contributed by atoms with Gasteiger partial charge in [-0.2, -0.15) is 0 Å². The summed E-state index contributed by atoms with van der Waals surface area (Å²) in [5, 5.41) is 0. The number of hydrogen-bond acceptors (Lipinski definition) is 0. The maximum Gasteiger partial charge on any atom is -0.0266 e. The fraction of sp³-hybridized carbons (Fsp3) is 1.00. The predicted molar refractivity (Wildman–Crippen MR) is 378 cm³/mol. The first-order chi connectivity index (χ1) is 45.4. The maximum absolute atomic E-state index is 1.64. The van der Waals surface area contributed by atoms with E-state index in [0.29, 0.717) is 0 Å². The Hall–Kier alpha value is 0. The third-order valence-corrected chi connectivity index (χ3v) is 40.8. The molecule has 36 fully saturated rings. The van der Waals surface area contributed by atoms with Crippen LogP contribution < -0.4 is 0 Å². The van der Waals surface area contributed by atoms with E-state index >= 15 is 0 Å². The van der Waals surface area contributed by atoms with E-state index in [0.717, 1.165) is 11.3 Å². The van der Waals surface area contributed by atoms with Crippen molar-refractivity contribution in [1.29, 1.82) is 0 Å². The molecule has 0 aliphatic heterocycles. The molecule has 0 saturated heterocycles. The highest BCUT2D eigenvalue weighted by molar-refractivity contribution is 5.24. The second-order valence-electron chi connectivity index (χ2n) is 44.1. The number of hydrogen-bond donors (Lipinski definition) is 0. The topological polar surface area (TPSA) is 0 Å². The van der Waals surface area contributed by atoms with Gasteiger partial charge in [-0.15, -0.1) is 0 Å². The Kier molecular flexibility index (Phi) is 15.3. The van der Waals surface area contributed by atoms with Crippen molar-refractivity contribution in [3.8, 4) is 0 Å². The van der Waals surface area contributed by atoms with Gasteiger partial charge in [0, 0.05) is 0 Å². The fourth-order valence-corrected chi connectivity index (χ4v) is 37.5.